The van der Waals surface area contributed by atoms with Crippen molar-refractivity contribution in [3.63, 3.8) is 0 Å². The van der Waals surface area contributed by atoms with Crippen LogP contribution in [0.3, 0.4) is 0 Å². The van der Waals surface area contributed by atoms with E-state index >= 15 is 0 Å². The quantitative estimate of drug-likeness (QED) is 0.0720. The van der Waals surface area contributed by atoms with Crippen LogP contribution in [0.2, 0.25) is 0 Å². The Bertz CT molecular complexity index is 1610. The maximum absolute atomic E-state index is 13.8. The number of nitrogens with one attached hydrogen (secondary N) is 3. The molecule has 6 atom stereocenters. The molecule has 0 saturated carbocycles. The van der Waals surface area contributed by atoms with Crippen LogP contribution in [0.15, 0.2) is 60.7 Å². The van der Waals surface area contributed by atoms with Gasteiger partial charge >= 0.3 is 17.9 Å². The Morgan fingerprint density at radius 3 is 1.53 bits per heavy atom. The van der Waals surface area contributed by atoms with E-state index in [2.05, 4.69) is 16.0 Å². The number of hydrogen-bond acceptors (Lipinski definition) is 9. The van der Waals surface area contributed by atoms with Crippen LogP contribution in [0, 0.1) is 0 Å². The summed E-state index contributed by atoms with van der Waals surface area (Å²) in [7, 11) is 0. The van der Waals surface area contributed by atoms with Crippen molar-refractivity contribution in [3.05, 3.63) is 71.8 Å². The number of unbranched alkanes of at least 4 members (excludes halogenated alkanes) is 2. The number of carbonyl (C=O) groups excluding carboxylic acids is 3. The van der Waals surface area contributed by atoms with Crippen molar-refractivity contribution >= 4 is 35.6 Å². The number of rotatable bonds is 25. The molecule has 8 N–H and O–H groups in total. The molecule has 15 nitrogen and oxygen atoms in total. The van der Waals surface area contributed by atoms with Crippen LogP contribution in [-0.2, 0) is 41.6 Å². The first-order valence-corrected chi connectivity index (χ1v) is 20.4. The first kappa shape index (κ1) is 44.8. The number of carbonyl (C=O) groups is 6. The molecule has 0 aliphatic carbocycles. The number of hydrogen-bond donors (Lipinski definition) is 7. The number of aliphatic carboxylic acids is 3. The third kappa shape index (κ3) is 13.9. The summed E-state index contributed by atoms with van der Waals surface area (Å²) >= 11 is 0. The summed E-state index contributed by atoms with van der Waals surface area (Å²) in [6, 6.07) is 13.6. The van der Waals surface area contributed by atoms with Crippen LogP contribution < -0.4 is 21.7 Å². The summed E-state index contributed by atoms with van der Waals surface area (Å²) in [6.45, 7) is 1.28. The maximum atomic E-state index is 13.8. The van der Waals surface area contributed by atoms with Gasteiger partial charge in [0.15, 0.2) is 0 Å². The summed E-state index contributed by atoms with van der Waals surface area (Å²) in [5.74, 6) is -4.37. The minimum absolute atomic E-state index is 0.223. The second-order valence-corrected chi connectivity index (χ2v) is 15.1. The molecule has 0 radical (unpaired) electrons. The van der Waals surface area contributed by atoms with Gasteiger partial charge in [-0.15, -0.1) is 0 Å². The largest absolute Gasteiger partial charge is 0.480 e. The van der Waals surface area contributed by atoms with Crippen LogP contribution in [0.4, 0.5) is 0 Å². The smallest absolute Gasteiger partial charge is 0.326 e. The van der Waals surface area contributed by atoms with E-state index in [0.29, 0.717) is 90.1 Å². The highest BCUT2D eigenvalue weighted by atomic mass is 16.4. The number of carboxylic acid groups (broad SMARTS) is 3. The first-order valence-electron chi connectivity index (χ1n) is 20.4. The molecule has 2 aliphatic heterocycles. The fourth-order valence-electron chi connectivity index (χ4n) is 7.80. The van der Waals surface area contributed by atoms with E-state index in [4.69, 9.17) is 5.73 Å². The lowest BCUT2D eigenvalue weighted by molar-refractivity contribution is -0.149. The molecule has 4 rings (SSSR count). The van der Waals surface area contributed by atoms with E-state index in [9.17, 15) is 44.1 Å². The molecule has 312 valence electrons. The van der Waals surface area contributed by atoms with Gasteiger partial charge < -0.3 is 36.2 Å². The van der Waals surface area contributed by atoms with Crippen LogP contribution in [0.1, 0.15) is 88.2 Å². The lowest BCUT2D eigenvalue weighted by atomic mass is 10.0. The molecule has 0 aromatic heterocycles. The number of aryl methyl sites for hydroxylation is 2. The second-order valence-electron chi connectivity index (χ2n) is 15.1. The average molecular weight is 793 g/mol. The Hall–Kier alpha value is -4.86. The molecule has 2 heterocycles. The highest BCUT2D eigenvalue weighted by Crippen LogP contribution is 2.22. The Kier molecular flexibility index (Phi) is 18.4. The fourth-order valence-corrected chi connectivity index (χ4v) is 7.80. The van der Waals surface area contributed by atoms with E-state index in [1.54, 1.807) is 0 Å². The molecular formula is C42H60N6O9. The standard InChI is InChI=1S/C42H60N6O9/c43-25-9-7-17-32(38(50)47-27-11-19-35(47)41(54)55)45-31(23-21-29-13-3-1-4-14-29)37(49)44-26-10-8-18-33(39(51)48-28-12-20-36(48)42(56)57)46-34(40(52)53)24-22-30-15-5-2-6-16-30/h1-6,13-16,31-36,45-46H,7-12,17-28,43H2,(H,44,49)(H,52,53)(H,54,55)(H,56,57)/t31-,32+,33+,34-,35+,36+/m0/s1. The number of amides is 3. The van der Waals surface area contributed by atoms with Crippen molar-refractivity contribution < 1.29 is 44.1 Å². The van der Waals surface area contributed by atoms with Crippen molar-refractivity contribution in [3.8, 4) is 0 Å². The van der Waals surface area contributed by atoms with Gasteiger partial charge in [-0.05, 0) is 101 Å². The molecule has 15 heteroatoms. The summed E-state index contributed by atoms with van der Waals surface area (Å²) in [5, 5.41) is 38.9. The lowest BCUT2D eigenvalue weighted by Gasteiger charge is -2.30. The van der Waals surface area contributed by atoms with Gasteiger partial charge in [0.2, 0.25) is 17.7 Å². The monoisotopic (exact) mass is 792 g/mol. The molecule has 0 unspecified atom stereocenters. The van der Waals surface area contributed by atoms with Gasteiger partial charge in [0.25, 0.3) is 0 Å². The van der Waals surface area contributed by atoms with Crippen molar-refractivity contribution in [1.29, 1.82) is 0 Å². The van der Waals surface area contributed by atoms with Gasteiger partial charge in [-0.1, -0.05) is 67.1 Å². The molecule has 3 amide bonds. The van der Waals surface area contributed by atoms with E-state index in [0.717, 1.165) is 11.1 Å². The summed E-state index contributed by atoms with van der Waals surface area (Å²) < 4.78 is 0. The van der Waals surface area contributed by atoms with E-state index in [1.165, 1.54) is 9.80 Å². The second kappa shape index (κ2) is 23.4. The van der Waals surface area contributed by atoms with Gasteiger partial charge in [-0.3, -0.25) is 29.8 Å². The molecule has 0 spiro atoms. The van der Waals surface area contributed by atoms with Gasteiger partial charge in [0.1, 0.15) is 18.1 Å². The predicted octanol–water partition coefficient (Wildman–Crippen LogP) is 2.56. The minimum atomic E-state index is -1.11. The molecule has 2 aliphatic rings. The third-order valence-corrected chi connectivity index (χ3v) is 11.0. The van der Waals surface area contributed by atoms with Crippen LogP contribution >= 0.6 is 0 Å². The molecule has 2 saturated heterocycles. The Morgan fingerprint density at radius 2 is 1.07 bits per heavy atom. The van der Waals surface area contributed by atoms with E-state index in [-0.39, 0.29) is 37.7 Å². The first-order chi connectivity index (χ1) is 27.5. The Morgan fingerprint density at radius 1 is 0.614 bits per heavy atom. The van der Waals surface area contributed by atoms with Crippen molar-refractivity contribution in [1.82, 2.24) is 25.8 Å². The number of likely N-dealkylation sites (tertiary alicyclic amines) is 2. The summed E-state index contributed by atoms with van der Waals surface area (Å²) in [6.07, 6.45) is 6.21. The van der Waals surface area contributed by atoms with Gasteiger partial charge in [0.05, 0.1) is 18.1 Å². The van der Waals surface area contributed by atoms with Crippen molar-refractivity contribution in [2.24, 2.45) is 5.73 Å². The topological polar surface area (TPSA) is 232 Å². The van der Waals surface area contributed by atoms with Gasteiger partial charge in [0, 0.05) is 19.6 Å². The fraction of sp³-hybridized carbons (Fsp3) is 0.571. The van der Waals surface area contributed by atoms with Gasteiger partial charge in [-0.2, -0.15) is 0 Å². The molecule has 57 heavy (non-hydrogen) atoms. The normalized spacial score (nSPS) is 18.8. The van der Waals surface area contributed by atoms with E-state index in [1.807, 2.05) is 60.7 Å². The van der Waals surface area contributed by atoms with E-state index < -0.39 is 60.1 Å². The van der Waals surface area contributed by atoms with Crippen molar-refractivity contribution in [2.45, 2.75) is 126 Å². The van der Waals surface area contributed by atoms with Gasteiger partial charge in [-0.25, -0.2) is 9.59 Å². The molecule has 0 bridgehead atoms. The molecular weight excluding hydrogens is 732 g/mol. The maximum Gasteiger partial charge on any atom is 0.326 e. The lowest BCUT2D eigenvalue weighted by Crippen LogP contribution is -2.56. The zero-order valence-corrected chi connectivity index (χ0v) is 32.7. The summed E-state index contributed by atoms with van der Waals surface area (Å²) in [5.41, 5.74) is 7.71. The molecule has 2 fully saturated rings. The molecule has 2 aromatic rings. The SMILES string of the molecule is NCCCC[C@@H](N[C@@H](CCc1ccccc1)C(=O)NCCCC[C@@H](N[C@@H](CCc1ccccc1)C(=O)O)C(=O)N1CCC[C@@H]1C(=O)O)C(=O)N1CCC[C@@H]1C(=O)O. The number of carboxylic acids is 3. The number of nitrogens with zero attached hydrogens (tertiary/aromatic N) is 2. The Balaban J connectivity index is 1.42. The zero-order valence-electron chi connectivity index (χ0n) is 32.7. The molecule has 2 aromatic carbocycles. The van der Waals surface area contributed by atoms with Crippen molar-refractivity contribution in [2.75, 3.05) is 26.2 Å². The van der Waals surface area contributed by atoms with Crippen LogP contribution in [-0.4, -0.2) is 123 Å². The minimum Gasteiger partial charge on any atom is -0.480 e. The third-order valence-electron chi connectivity index (χ3n) is 11.0. The Labute approximate surface area is 334 Å². The predicted molar refractivity (Wildman–Crippen MR) is 213 cm³/mol. The average Bonchev–Trinajstić information content (AvgIpc) is 3.91. The zero-order chi connectivity index (χ0) is 41.2. The number of benzene rings is 2. The van der Waals surface area contributed by atoms with Crippen LogP contribution in [0.5, 0.6) is 0 Å². The summed E-state index contributed by atoms with van der Waals surface area (Å²) in [4.78, 5) is 80.4. The highest BCUT2D eigenvalue weighted by Gasteiger charge is 2.39. The van der Waals surface area contributed by atoms with Crippen LogP contribution in [0.25, 0.3) is 0 Å². The number of nitrogens with two attached hydrogens (primary N) is 1. The highest BCUT2D eigenvalue weighted by molar-refractivity contribution is 5.89.